The Morgan fingerprint density at radius 3 is 2.00 bits per heavy atom. The maximum atomic E-state index is 10.4. The molecule has 0 spiro atoms. The van der Waals surface area contributed by atoms with E-state index in [1.165, 1.54) is 4.31 Å². The van der Waals surface area contributed by atoms with Crippen LogP contribution in [0.5, 0.6) is 0 Å². The molecule has 1 rings (SSSR count). The summed E-state index contributed by atoms with van der Waals surface area (Å²) in [6.45, 7) is 1.30. The molecule has 0 atom stereocenters. The summed E-state index contributed by atoms with van der Waals surface area (Å²) in [4.78, 5) is 0. The van der Waals surface area contributed by atoms with Gasteiger partial charge < -0.3 is 0 Å². The first-order valence-corrected chi connectivity index (χ1v) is 4.48. The molecule has 1 aliphatic rings. The lowest BCUT2D eigenvalue weighted by molar-refractivity contribution is 0.444. The molecular weight excluding hydrogens is 150 g/mol. The van der Waals surface area contributed by atoms with Crippen molar-refractivity contribution in [2.24, 2.45) is 0 Å². The third kappa shape index (κ3) is 2.11. The second-order valence-corrected chi connectivity index (χ2v) is 3.28. The Morgan fingerprint density at radius 2 is 1.60 bits per heavy atom. The summed E-state index contributed by atoms with van der Waals surface area (Å²) in [5, 5.41) is 0. The topological polar surface area (TPSA) is 37.4 Å². The molecule has 0 unspecified atom stereocenters. The molecule has 0 saturated carbocycles. The minimum Gasteiger partial charge on any atom is -0.215 e. The second kappa shape index (κ2) is 3.73. The third-order valence-electron chi connectivity index (χ3n) is 1.51. The number of nitrogens with zero attached hydrogens (tertiary/aromatic N) is 1. The fourth-order valence-corrected chi connectivity index (χ4v) is 1.52. The maximum absolute atomic E-state index is 10.4. The predicted octanol–water partition coefficient (Wildman–Crippen LogP) is 0.165. The van der Waals surface area contributed by atoms with Crippen molar-refractivity contribution in [3.8, 4) is 0 Å². The van der Waals surface area contributed by atoms with E-state index in [1.54, 1.807) is 0 Å². The van der Waals surface area contributed by atoms with Gasteiger partial charge in [0.05, 0.1) is 0 Å². The molecular formula is C6H11NO2S. The van der Waals surface area contributed by atoms with Gasteiger partial charge in [0.1, 0.15) is 0 Å². The highest BCUT2D eigenvalue weighted by Gasteiger charge is 2.05. The molecule has 1 heterocycles. The molecule has 0 N–H and O–H groups in total. The molecule has 0 aromatic carbocycles. The number of rotatable bonds is 1. The Balaban J connectivity index is 2.49. The minimum absolute atomic E-state index is 0.648. The maximum Gasteiger partial charge on any atom is 0.203 e. The van der Waals surface area contributed by atoms with Gasteiger partial charge in [-0.2, -0.15) is 0 Å². The van der Waals surface area contributed by atoms with Gasteiger partial charge in [0, 0.05) is 13.1 Å². The first-order valence-electron chi connectivity index (χ1n) is 3.35. The van der Waals surface area contributed by atoms with Crippen molar-refractivity contribution < 1.29 is 8.42 Å². The summed E-state index contributed by atoms with van der Waals surface area (Å²) in [6.07, 6.45) is 5.75. The average molecular weight is 161 g/mol. The van der Waals surface area contributed by atoms with Crippen LogP contribution in [0.1, 0.15) is 12.8 Å². The van der Waals surface area contributed by atoms with E-state index < -0.39 is 10.9 Å². The van der Waals surface area contributed by atoms with Crippen molar-refractivity contribution >= 4 is 10.9 Å². The SMILES string of the molecule is O=[SH](=O)N1CCC=CCC1. The Kier molecular flexibility index (Phi) is 2.89. The van der Waals surface area contributed by atoms with Gasteiger partial charge in [-0.1, -0.05) is 12.2 Å². The summed E-state index contributed by atoms with van der Waals surface area (Å²) in [5.41, 5.74) is 0. The monoisotopic (exact) mass is 161 g/mol. The highest BCUT2D eigenvalue weighted by molar-refractivity contribution is 7.69. The van der Waals surface area contributed by atoms with Crippen molar-refractivity contribution in [2.75, 3.05) is 13.1 Å². The molecule has 10 heavy (non-hydrogen) atoms. The Bertz CT molecular complexity index is 180. The van der Waals surface area contributed by atoms with Crippen molar-refractivity contribution in [1.82, 2.24) is 4.31 Å². The lowest BCUT2D eigenvalue weighted by Crippen LogP contribution is -2.22. The molecule has 0 aliphatic carbocycles. The van der Waals surface area contributed by atoms with Crippen LogP contribution in [0.4, 0.5) is 0 Å². The number of hydrogen-bond donors (Lipinski definition) is 1. The van der Waals surface area contributed by atoms with Crippen LogP contribution in [0.25, 0.3) is 0 Å². The Labute approximate surface area is 62.4 Å². The normalized spacial score (nSPS) is 21.3. The molecule has 58 valence electrons. The smallest absolute Gasteiger partial charge is 0.203 e. The van der Waals surface area contributed by atoms with Gasteiger partial charge in [0.15, 0.2) is 0 Å². The van der Waals surface area contributed by atoms with Crippen LogP contribution in [0.15, 0.2) is 12.2 Å². The van der Waals surface area contributed by atoms with E-state index in [0.717, 1.165) is 12.8 Å². The summed E-state index contributed by atoms with van der Waals surface area (Å²) < 4.78 is 22.4. The quantitative estimate of drug-likeness (QED) is 0.439. The van der Waals surface area contributed by atoms with E-state index in [1.807, 2.05) is 12.2 Å². The van der Waals surface area contributed by atoms with E-state index in [-0.39, 0.29) is 0 Å². The highest BCUT2D eigenvalue weighted by Crippen LogP contribution is 2.01. The Morgan fingerprint density at radius 1 is 1.10 bits per heavy atom. The minimum atomic E-state index is -2.34. The van der Waals surface area contributed by atoms with Crippen LogP contribution in [-0.4, -0.2) is 25.8 Å². The fraction of sp³-hybridized carbons (Fsp3) is 0.667. The van der Waals surface area contributed by atoms with Gasteiger partial charge in [-0.3, -0.25) is 0 Å². The van der Waals surface area contributed by atoms with Gasteiger partial charge in [-0.15, -0.1) is 0 Å². The van der Waals surface area contributed by atoms with Crippen molar-refractivity contribution in [1.29, 1.82) is 0 Å². The molecule has 0 bridgehead atoms. The highest BCUT2D eigenvalue weighted by atomic mass is 32.2. The van der Waals surface area contributed by atoms with Gasteiger partial charge in [0.2, 0.25) is 10.9 Å². The molecule has 0 aromatic heterocycles. The molecule has 3 nitrogen and oxygen atoms in total. The molecule has 0 aromatic rings. The predicted molar refractivity (Wildman–Crippen MR) is 40.3 cm³/mol. The van der Waals surface area contributed by atoms with Crippen LogP contribution in [0.2, 0.25) is 0 Å². The van der Waals surface area contributed by atoms with Crippen LogP contribution in [0.3, 0.4) is 0 Å². The third-order valence-corrected chi connectivity index (χ3v) is 2.37. The van der Waals surface area contributed by atoms with Crippen LogP contribution in [0, 0.1) is 0 Å². The first-order chi connectivity index (χ1) is 4.80. The average Bonchev–Trinajstić information content (AvgIpc) is 2.12. The van der Waals surface area contributed by atoms with E-state index in [4.69, 9.17) is 0 Å². The van der Waals surface area contributed by atoms with Crippen LogP contribution < -0.4 is 0 Å². The number of hydrogen-bond acceptors (Lipinski definition) is 2. The largest absolute Gasteiger partial charge is 0.215 e. The molecule has 0 amide bonds. The summed E-state index contributed by atoms with van der Waals surface area (Å²) >= 11 is 0. The van der Waals surface area contributed by atoms with Crippen LogP contribution >= 0.6 is 0 Å². The molecule has 0 radical (unpaired) electrons. The lowest BCUT2D eigenvalue weighted by Gasteiger charge is -2.09. The van der Waals surface area contributed by atoms with Crippen molar-refractivity contribution in [3.63, 3.8) is 0 Å². The zero-order valence-corrected chi connectivity index (χ0v) is 6.59. The van der Waals surface area contributed by atoms with E-state index in [9.17, 15) is 8.42 Å². The zero-order valence-electron chi connectivity index (χ0n) is 5.69. The van der Waals surface area contributed by atoms with E-state index in [0.29, 0.717) is 13.1 Å². The van der Waals surface area contributed by atoms with E-state index in [2.05, 4.69) is 0 Å². The van der Waals surface area contributed by atoms with Gasteiger partial charge in [0.25, 0.3) is 0 Å². The standard InChI is InChI=1S/C6H11NO2S/c8-10(9)7-5-3-1-2-4-6-7/h1-2,10H,3-6H2. The van der Waals surface area contributed by atoms with E-state index >= 15 is 0 Å². The van der Waals surface area contributed by atoms with Gasteiger partial charge in [-0.05, 0) is 12.8 Å². The summed E-state index contributed by atoms with van der Waals surface area (Å²) in [6, 6.07) is 0. The first kappa shape index (κ1) is 7.75. The second-order valence-electron chi connectivity index (χ2n) is 2.24. The molecule has 4 heteroatoms. The fourth-order valence-electron chi connectivity index (χ4n) is 0.958. The van der Waals surface area contributed by atoms with Crippen molar-refractivity contribution in [3.05, 3.63) is 12.2 Å². The molecule has 0 fully saturated rings. The van der Waals surface area contributed by atoms with Gasteiger partial charge >= 0.3 is 0 Å². The number of thiol groups is 1. The van der Waals surface area contributed by atoms with Gasteiger partial charge in [-0.25, -0.2) is 12.7 Å². The van der Waals surface area contributed by atoms with Crippen molar-refractivity contribution in [2.45, 2.75) is 12.8 Å². The lowest BCUT2D eigenvalue weighted by atomic mass is 10.4. The molecule has 1 aliphatic heterocycles. The van der Waals surface area contributed by atoms with Crippen LogP contribution in [-0.2, 0) is 10.9 Å². The summed E-state index contributed by atoms with van der Waals surface area (Å²) in [7, 11) is -2.34. The Hall–Kier alpha value is -0.350. The molecule has 0 saturated heterocycles. The summed E-state index contributed by atoms with van der Waals surface area (Å²) in [5.74, 6) is 0. The zero-order chi connectivity index (χ0) is 7.40.